The Morgan fingerprint density at radius 3 is 2.37 bits per heavy atom. The van der Waals surface area contributed by atoms with Crippen molar-refractivity contribution in [2.45, 2.75) is 13.0 Å². The summed E-state index contributed by atoms with van der Waals surface area (Å²) >= 11 is 1.35. The zero-order valence-corrected chi connectivity index (χ0v) is 15.8. The van der Waals surface area contributed by atoms with Crippen molar-refractivity contribution in [3.63, 3.8) is 0 Å². The van der Waals surface area contributed by atoms with Crippen molar-refractivity contribution < 1.29 is 14.3 Å². The lowest BCUT2D eigenvalue weighted by atomic mass is 10.2. The lowest BCUT2D eigenvalue weighted by Gasteiger charge is -2.21. The fourth-order valence-corrected chi connectivity index (χ4v) is 3.52. The molecule has 6 heteroatoms. The van der Waals surface area contributed by atoms with Gasteiger partial charge in [-0.3, -0.25) is 9.59 Å². The molecule has 3 rings (SSSR count). The Labute approximate surface area is 162 Å². The van der Waals surface area contributed by atoms with E-state index in [9.17, 15) is 9.59 Å². The third kappa shape index (κ3) is 5.01. The number of rotatable bonds is 7. The molecule has 5 nitrogen and oxygen atoms in total. The molecule has 0 radical (unpaired) electrons. The fraction of sp³-hybridized carbons (Fsp3) is 0.190. The summed E-state index contributed by atoms with van der Waals surface area (Å²) in [6.07, 6.45) is 1.75. The van der Waals surface area contributed by atoms with Crippen LogP contribution in [0.5, 0.6) is 0 Å². The monoisotopic (exact) mass is 380 g/mol. The molecule has 2 aromatic carbocycles. The van der Waals surface area contributed by atoms with Gasteiger partial charge in [0.1, 0.15) is 9.88 Å². The Balaban J connectivity index is 1.79. The second-order valence-corrected chi connectivity index (χ2v) is 6.96. The molecule has 0 N–H and O–H groups in total. The van der Waals surface area contributed by atoms with E-state index in [0.717, 1.165) is 16.1 Å². The first-order valence-corrected chi connectivity index (χ1v) is 9.40. The van der Waals surface area contributed by atoms with Crippen LogP contribution in [-0.2, 0) is 16.1 Å². The Kier molecular flexibility index (Phi) is 6.33. The summed E-state index contributed by atoms with van der Waals surface area (Å²) < 4.78 is 4.71. The van der Waals surface area contributed by atoms with Gasteiger partial charge in [-0.25, -0.2) is 4.98 Å². The van der Waals surface area contributed by atoms with Crippen LogP contribution in [0.15, 0.2) is 66.9 Å². The van der Waals surface area contributed by atoms with Crippen LogP contribution in [0.2, 0.25) is 0 Å². The first-order chi connectivity index (χ1) is 13.2. The maximum Gasteiger partial charge on any atom is 0.307 e. The van der Waals surface area contributed by atoms with Gasteiger partial charge in [0.2, 0.25) is 0 Å². The molecule has 1 heterocycles. The summed E-state index contributed by atoms with van der Waals surface area (Å²) in [6.45, 7) is 0.716. The number of nitrogens with zero attached hydrogens (tertiary/aromatic N) is 2. The molecular weight excluding hydrogens is 360 g/mol. The normalized spacial score (nSPS) is 10.4. The van der Waals surface area contributed by atoms with Crippen molar-refractivity contribution in [1.82, 2.24) is 9.88 Å². The number of carbonyl (C=O) groups excluding carboxylic acids is 2. The molecule has 138 valence electrons. The van der Waals surface area contributed by atoms with Crippen LogP contribution >= 0.6 is 11.3 Å². The highest BCUT2D eigenvalue weighted by Crippen LogP contribution is 2.26. The SMILES string of the molecule is COC(=O)CCN(Cc1ccccc1)C(=O)c1cnc(-c2ccccc2)s1. The number of amides is 1. The Hall–Kier alpha value is -2.99. The molecule has 0 saturated heterocycles. The molecule has 0 bridgehead atoms. The van der Waals surface area contributed by atoms with Crippen LogP contribution in [0.3, 0.4) is 0 Å². The zero-order valence-electron chi connectivity index (χ0n) is 15.0. The first kappa shape index (κ1) is 18.8. The van der Waals surface area contributed by atoms with Crippen molar-refractivity contribution in [3.05, 3.63) is 77.3 Å². The van der Waals surface area contributed by atoms with E-state index in [4.69, 9.17) is 4.74 Å². The lowest BCUT2D eigenvalue weighted by molar-refractivity contribution is -0.140. The summed E-state index contributed by atoms with van der Waals surface area (Å²) in [6, 6.07) is 19.5. The highest BCUT2D eigenvalue weighted by molar-refractivity contribution is 7.16. The van der Waals surface area contributed by atoms with Crippen molar-refractivity contribution in [2.75, 3.05) is 13.7 Å². The third-order valence-corrected chi connectivity index (χ3v) is 5.09. The van der Waals surface area contributed by atoms with Crippen molar-refractivity contribution in [3.8, 4) is 10.6 Å². The van der Waals surface area contributed by atoms with Gasteiger partial charge in [0, 0.05) is 18.7 Å². The van der Waals surface area contributed by atoms with Gasteiger partial charge in [0.25, 0.3) is 5.91 Å². The minimum Gasteiger partial charge on any atom is -0.469 e. The second-order valence-electron chi connectivity index (χ2n) is 5.93. The molecule has 3 aromatic rings. The van der Waals surface area contributed by atoms with Crippen LogP contribution < -0.4 is 0 Å². The summed E-state index contributed by atoms with van der Waals surface area (Å²) in [5, 5.41) is 0.798. The summed E-state index contributed by atoms with van der Waals surface area (Å²) in [5.41, 5.74) is 1.98. The second kappa shape index (κ2) is 9.09. The topological polar surface area (TPSA) is 59.5 Å². The van der Waals surface area contributed by atoms with E-state index in [2.05, 4.69) is 4.98 Å². The van der Waals surface area contributed by atoms with Crippen molar-refractivity contribution >= 4 is 23.2 Å². The van der Waals surface area contributed by atoms with E-state index >= 15 is 0 Å². The van der Waals surface area contributed by atoms with Crippen LogP contribution in [0.1, 0.15) is 21.7 Å². The molecule has 0 unspecified atom stereocenters. The van der Waals surface area contributed by atoms with Crippen LogP contribution in [-0.4, -0.2) is 35.4 Å². The Bertz CT molecular complexity index is 894. The average Bonchev–Trinajstić information content (AvgIpc) is 3.22. The number of hydrogen-bond donors (Lipinski definition) is 0. The number of ether oxygens (including phenoxy) is 1. The van der Waals surface area contributed by atoms with Gasteiger partial charge in [-0.05, 0) is 5.56 Å². The molecule has 0 fully saturated rings. The van der Waals surface area contributed by atoms with Gasteiger partial charge in [-0.2, -0.15) is 0 Å². The molecule has 27 heavy (non-hydrogen) atoms. The quantitative estimate of drug-likeness (QED) is 0.581. The van der Waals surface area contributed by atoms with E-state index in [1.165, 1.54) is 18.4 Å². The largest absolute Gasteiger partial charge is 0.469 e. The standard InChI is InChI=1S/C21H20N2O3S/c1-26-19(24)12-13-23(15-16-8-4-2-5-9-16)21(25)18-14-22-20(27-18)17-10-6-3-7-11-17/h2-11,14H,12-13,15H2,1H3. The highest BCUT2D eigenvalue weighted by atomic mass is 32.1. The average molecular weight is 380 g/mol. The first-order valence-electron chi connectivity index (χ1n) is 8.58. The van der Waals surface area contributed by atoms with Gasteiger partial charge >= 0.3 is 5.97 Å². The van der Waals surface area contributed by atoms with E-state index in [-0.39, 0.29) is 18.3 Å². The predicted molar refractivity (Wildman–Crippen MR) is 105 cm³/mol. The number of carbonyl (C=O) groups is 2. The number of aromatic nitrogens is 1. The van der Waals surface area contributed by atoms with Gasteiger partial charge < -0.3 is 9.64 Å². The highest BCUT2D eigenvalue weighted by Gasteiger charge is 2.20. The number of methoxy groups -OCH3 is 1. The smallest absolute Gasteiger partial charge is 0.307 e. The number of benzene rings is 2. The number of thiazole rings is 1. The summed E-state index contributed by atoms with van der Waals surface area (Å²) in [4.78, 5) is 31.2. The Morgan fingerprint density at radius 2 is 1.70 bits per heavy atom. The van der Waals surface area contributed by atoms with E-state index in [1.807, 2.05) is 60.7 Å². The molecule has 1 amide bonds. The molecule has 1 aromatic heterocycles. The van der Waals surface area contributed by atoms with Gasteiger partial charge in [0.05, 0.1) is 19.7 Å². The van der Waals surface area contributed by atoms with Gasteiger partial charge in [0.15, 0.2) is 0 Å². The predicted octanol–water partition coefficient (Wildman–Crippen LogP) is 4.02. The van der Waals surface area contributed by atoms with Crippen LogP contribution in [0, 0.1) is 0 Å². The number of esters is 1. The van der Waals surface area contributed by atoms with Crippen molar-refractivity contribution in [1.29, 1.82) is 0 Å². The van der Waals surface area contributed by atoms with Crippen molar-refractivity contribution in [2.24, 2.45) is 0 Å². The summed E-state index contributed by atoms with van der Waals surface area (Å²) in [7, 11) is 1.35. The van der Waals surface area contributed by atoms with Gasteiger partial charge in [-0.15, -0.1) is 11.3 Å². The third-order valence-electron chi connectivity index (χ3n) is 4.05. The minimum absolute atomic E-state index is 0.137. The zero-order chi connectivity index (χ0) is 19.1. The molecule has 0 aliphatic heterocycles. The maximum absolute atomic E-state index is 13.0. The lowest BCUT2D eigenvalue weighted by Crippen LogP contribution is -2.32. The van der Waals surface area contributed by atoms with E-state index in [0.29, 0.717) is 18.0 Å². The molecule has 0 spiro atoms. The molecule has 0 aliphatic carbocycles. The number of hydrogen-bond acceptors (Lipinski definition) is 5. The Morgan fingerprint density at radius 1 is 1.04 bits per heavy atom. The van der Waals surface area contributed by atoms with Crippen LogP contribution in [0.4, 0.5) is 0 Å². The fourth-order valence-electron chi connectivity index (χ4n) is 2.63. The maximum atomic E-state index is 13.0. The molecule has 0 saturated carbocycles. The molecule has 0 aliphatic rings. The van der Waals surface area contributed by atoms with E-state index < -0.39 is 0 Å². The van der Waals surface area contributed by atoms with Gasteiger partial charge in [-0.1, -0.05) is 60.7 Å². The minimum atomic E-state index is -0.338. The van der Waals surface area contributed by atoms with Crippen LogP contribution in [0.25, 0.3) is 10.6 Å². The molecular formula is C21H20N2O3S. The van der Waals surface area contributed by atoms with E-state index in [1.54, 1.807) is 11.1 Å². The summed E-state index contributed by atoms with van der Waals surface area (Å²) in [5.74, 6) is -0.474. The molecule has 0 atom stereocenters.